The van der Waals surface area contributed by atoms with Crippen molar-refractivity contribution in [1.29, 1.82) is 0 Å². The van der Waals surface area contributed by atoms with E-state index >= 15 is 0 Å². The van der Waals surface area contributed by atoms with Crippen molar-refractivity contribution >= 4 is 34.0 Å². The van der Waals surface area contributed by atoms with Crippen molar-refractivity contribution in [2.75, 3.05) is 11.8 Å². The third kappa shape index (κ3) is 6.40. The van der Waals surface area contributed by atoms with Gasteiger partial charge in [0, 0.05) is 24.2 Å². The van der Waals surface area contributed by atoms with Gasteiger partial charge in [-0.05, 0) is 54.3 Å². The van der Waals surface area contributed by atoms with Crippen LogP contribution in [0.4, 0.5) is 10.1 Å². The van der Waals surface area contributed by atoms with Gasteiger partial charge in [-0.25, -0.2) is 4.39 Å². The molecule has 0 heterocycles. The molecule has 26 heavy (non-hydrogen) atoms. The van der Waals surface area contributed by atoms with Gasteiger partial charge in [-0.1, -0.05) is 23.7 Å². The number of anilines is 1. The lowest BCUT2D eigenvalue weighted by atomic mass is 10.2. The number of unbranched alkanes of at least 4 members (excludes halogenated alkanes) is 1. The zero-order chi connectivity index (χ0) is 19.7. The van der Waals surface area contributed by atoms with Crippen LogP contribution >= 0.6 is 11.6 Å². The average Bonchev–Trinajstić information content (AvgIpc) is 2.58. The monoisotopic (exact) mass is 401 g/mol. The van der Waals surface area contributed by atoms with Crippen LogP contribution in [0.25, 0.3) is 0 Å². The Hall–Kier alpha value is -1.96. The summed E-state index contributed by atoms with van der Waals surface area (Å²) in [7, 11) is -2.34. The van der Waals surface area contributed by atoms with E-state index in [2.05, 4.69) is 10.0 Å². The number of halogens is 2. The van der Waals surface area contributed by atoms with E-state index in [1.807, 2.05) is 0 Å². The number of aldehydes is 1. The number of hydrogen-bond donors (Lipinski definition) is 3. The molecule has 0 fully saturated rings. The molecule has 1 atom stereocenters. The van der Waals surface area contributed by atoms with E-state index in [0.29, 0.717) is 28.4 Å². The van der Waals surface area contributed by atoms with E-state index in [1.165, 1.54) is 12.2 Å². The maximum atomic E-state index is 14.6. The molecule has 3 N–H and O–H groups in total. The molecule has 1 unspecified atom stereocenters. The summed E-state index contributed by atoms with van der Waals surface area (Å²) in [6, 6.07) is 4.85. The number of nitrogens with one attached hydrogen (secondary N) is 2. The van der Waals surface area contributed by atoms with Gasteiger partial charge in [-0.2, -0.15) is 9.27 Å². The first-order chi connectivity index (χ1) is 12.2. The second-order valence-electron chi connectivity index (χ2n) is 5.48. The lowest BCUT2D eigenvalue weighted by Crippen LogP contribution is -2.23. The Morgan fingerprint density at radius 2 is 2.08 bits per heavy atom. The van der Waals surface area contributed by atoms with Crippen LogP contribution in [-0.4, -0.2) is 17.9 Å². The van der Waals surface area contributed by atoms with Gasteiger partial charge in [0.15, 0.2) is 5.83 Å². The molecule has 0 bridgehead atoms. The van der Waals surface area contributed by atoms with Gasteiger partial charge in [0.25, 0.3) is 4.91 Å². The van der Waals surface area contributed by atoms with Crippen LogP contribution in [0, 0.1) is 6.92 Å². The van der Waals surface area contributed by atoms with Crippen molar-refractivity contribution in [2.24, 2.45) is 0 Å². The Balaban J connectivity index is 3.32. The zero-order valence-electron chi connectivity index (χ0n) is 14.9. The Bertz CT molecular complexity index is 791. The topological polar surface area (TPSA) is 78.4 Å². The fraction of sp³-hybridized carbons (Fsp3) is 0.278. The highest BCUT2D eigenvalue weighted by Gasteiger charge is 2.35. The highest BCUT2D eigenvalue weighted by Crippen LogP contribution is 2.29. The van der Waals surface area contributed by atoms with Crippen LogP contribution in [0.15, 0.2) is 52.9 Å². The smallest absolute Gasteiger partial charge is 0.349 e. The number of rotatable bonds is 9. The Kier molecular flexibility index (Phi) is 8.71. The fourth-order valence-electron chi connectivity index (χ4n) is 1.91. The Labute approximate surface area is 159 Å². The van der Waals surface area contributed by atoms with Crippen LogP contribution in [0.1, 0.15) is 25.3 Å². The van der Waals surface area contributed by atoms with Crippen LogP contribution in [0.3, 0.4) is 0 Å². The summed E-state index contributed by atoms with van der Waals surface area (Å²) in [6.45, 7) is 3.31. The summed E-state index contributed by atoms with van der Waals surface area (Å²) in [4.78, 5) is 9.99. The third-order valence-corrected chi connectivity index (χ3v) is 5.34. The molecule has 1 aromatic rings. The number of carbonyl (C=O) groups excluding carboxylic acids is 1. The van der Waals surface area contributed by atoms with Gasteiger partial charge >= 0.3 is 10.4 Å². The normalized spacial score (nSPS) is 15.4. The number of allylic oxidation sites excluding steroid dienone is 5. The predicted octanol–water partition coefficient (Wildman–Crippen LogP) is 4.79. The molecule has 1 aromatic carbocycles. The molecule has 0 aromatic heterocycles. The van der Waals surface area contributed by atoms with Crippen LogP contribution in [-0.2, 0) is 19.4 Å². The first kappa shape index (κ1) is 22.1. The Morgan fingerprint density at radius 3 is 2.69 bits per heavy atom. The van der Waals surface area contributed by atoms with Crippen LogP contribution in [0.2, 0.25) is 5.02 Å². The van der Waals surface area contributed by atoms with Crippen molar-refractivity contribution < 1.29 is 17.9 Å². The van der Waals surface area contributed by atoms with Crippen molar-refractivity contribution in [1.82, 2.24) is 5.32 Å². The minimum Gasteiger partial charge on any atom is -0.392 e. The van der Waals surface area contributed by atoms with Crippen molar-refractivity contribution in [3.63, 3.8) is 0 Å². The van der Waals surface area contributed by atoms with Gasteiger partial charge in [0.2, 0.25) is 0 Å². The molecule has 0 saturated heterocycles. The number of carbonyl (C=O) groups is 1. The molecule has 0 amide bonds. The fourth-order valence-corrected chi connectivity index (χ4v) is 3.32. The highest BCUT2D eigenvalue weighted by atomic mass is 35.5. The predicted molar refractivity (Wildman–Crippen MR) is 106 cm³/mol. The van der Waals surface area contributed by atoms with Crippen LogP contribution < -0.4 is 10.0 Å². The lowest BCUT2D eigenvalue weighted by molar-refractivity contribution is -0.107. The van der Waals surface area contributed by atoms with E-state index in [1.54, 1.807) is 39.1 Å². The summed E-state index contributed by atoms with van der Waals surface area (Å²) in [6.07, 6.45) is 5.12. The van der Waals surface area contributed by atoms with E-state index in [4.69, 9.17) is 11.6 Å². The summed E-state index contributed by atoms with van der Waals surface area (Å²) < 4.78 is 40.4. The summed E-state index contributed by atoms with van der Waals surface area (Å²) in [5.41, 5.74) is 1.38. The first-order valence-electron chi connectivity index (χ1n) is 7.88. The maximum Gasteiger partial charge on any atom is 0.349 e. The molecule has 1 rings (SSSR count). The zero-order valence-corrected chi connectivity index (χ0v) is 16.5. The van der Waals surface area contributed by atoms with E-state index in [9.17, 15) is 17.9 Å². The summed E-state index contributed by atoms with van der Waals surface area (Å²) >= 11 is 6.03. The van der Waals surface area contributed by atoms with Gasteiger partial charge in [0.05, 0.1) is 5.69 Å². The molecule has 142 valence electrons. The molecule has 0 aliphatic rings. The number of benzene rings is 1. The van der Waals surface area contributed by atoms with E-state index < -0.39 is 21.1 Å². The Morgan fingerprint density at radius 1 is 1.38 bits per heavy atom. The van der Waals surface area contributed by atoms with E-state index in [-0.39, 0.29) is 6.42 Å². The van der Waals surface area contributed by atoms with Crippen molar-refractivity contribution in [3.05, 3.63) is 63.4 Å². The van der Waals surface area contributed by atoms with Gasteiger partial charge in [-0.15, -0.1) is 0 Å². The molecule has 0 aliphatic heterocycles. The summed E-state index contributed by atoms with van der Waals surface area (Å²) in [5.74, 6) is -0.862. The quantitative estimate of drug-likeness (QED) is 0.240. The molecule has 5 nitrogen and oxygen atoms in total. The molecule has 0 radical (unpaired) electrons. The second kappa shape index (κ2) is 10.3. The van der Waals surface area contributed by atoms with Gasteiger partial charge in [-0.3, -0.25) is 0 Å². The van der Waals surface area contributed by atoms with Crippen molar-refractivity contribution in [2.45, 2.75) is 26.7 Å². The molecule has 0 aliphatic carbocycles. The highest BCUT2D eigenvalue weighted by molar-refractivity contribution is 8.02. The van der Waals surface area contributed by atoms with Crippen molar-refractivity contribution in [3.8, 4) is 0 Å². The molecular weight excluding hydrogens is 379 g/mol. The standard InChI is InChI=1S/C18H22ClFN2O3S/c1-13(21-3)12-16(20)18(10-5-4-6-11-23)26(24,25)22-17-9-7-8-15(19)14(17)2/h5,7-12H,4,6H2,1-3H3,(H2-,21,22,24,25)/p+1/b10-5+. The molecule has 8 heteroatoms. The maximum absolute atomic E-state index is 14.6. The average molecular weight is 402 g/mol. The van der Waals surface area contributed by atoms with Crippen LogP contribution in [0.5, 0.6) is 0 Å². The minimum absolute atomic E-state index is 0.240. The lowest BCUT2D eigenvalue weighted by Gasteiger charge is -2.11. The first-order valence-corrected chi connectivity index (χ1v) is 9.77. The number of hydrogen-bond acceptors (Lipinski definition) is 3. The SMILES string of the molecule is CN/C(C)=C/C(F)=C(\C=C\CCC=O)[S+](=O)(O)Nc1cccc(Cl)c1C. The molecule has 0 spiro atoms. The minimum atomic E-state index is -3.96. The van der Waals surface area contributed by atoms with Gasteiger partial charge in [0.1, 0.15) is 6.29 Å². The largest absolute Gasteiger partial charge is 0.392 e. The van der Waals surface area contributed by atoms with Gasteiger partial charge < -0.3 is 10.1 Å². The summed E-state index contributed by atoms with van der Waals surface area (Å²) in [5, 5.41) is 3.17. The molecule has 0 saturated carbocycles. The second-order valence-corrected chi connectivity index (χ2v) is 7.58. The third-order valence-electron chi connectivity index (χ3n) is 3.51. The van der Waals surface area contributed by atoms with E-state index in [0.717, 1.165) is 12.4 Å². The molecular formula is C18H23ClFN2O3S+.